The molecule has 1 aliphatic heterocycles. The molecule has 1 saturated heterocycles. The molecule has 8 heteroatoms. The number of halogens is 4. The van der Waals surface area contributed by atoms with E-state index < -0.39 is 5.60 Å². The van der Waals surface area contributed by atoms with Crippen LogP contribution in [0.3, 0.4) is 0 Å². The summed E-state index contributed by atoms with van der Waals surface area (Å²) in [6.45, 7) is 3.88. The van der Waals surface area contributed by atoms with Gasteiger partial charge in [0.05, 0.1) is 28.4 Å². The molecule has 2 aromatic rings. The molecule has 1 atom stereocenters. The molecule has 1 fully saturated rings. The number of likely N-dealkylation sites (tertiary alicyclic amines) is 1. The van der Waals surface area contributed by atoms with Gasteiger partial charge in [-0.05, 0) is 43.1 Å². The number of hydrogen-bond acceptors (Lipinski definition) is 4. The van der Waals surface area contributed by atoms with Crippen molar-refractivity contribution < 1.29 is 9.84 Å². The van der Waals surface area contributed by atoms with E-state index in [0.717, 1.165) is 43.6 Å². The SMILES string of the molecule is CNCC(OCCN1CCC(O)(c2ccccc2)CC1)c1ccc(Cl)c(Cl)c1.Cl.Cl. The zero-order valence-electron chi connectivity index (χ0n) is 17.0. The summed E-state index contributed by atoms with van der Waals surface area (Å²) in [5, 5.41) is 15.2. The highest BCUT2D eigenvalue weighted by atomic mass is 35.5. The highest BCUT2D eigenvalue weighted by molar-refractivity contribution is 6.42. The third-order valence-corrected chi connectivity index (χ3v) is 6.16. The number of ether oxygens (including phenoxy) is 1. The first-order valence-corrected chi connectivity index (χ1v) is 10.5. The Labute approximate surface area is 201 Å². The number of nitrogens with one attached hydrogen (secondary N) is 1. The summed E-state index contributed by atoms with van der Waals surface area (Å²) in [5.41, 5.74) is 1.31. The summed E-state index contributed by atoms with van der Waals surface area (Å²) in [4.78, 5) is 2.35. The second-order valence-electron chi connectivity index (χ2n) is 7.33. The predicted octanol–water partition coefficient (Wildman–Crippen LogP) is 5.10. The third kappa shape index (κ3) is 7.25. The third-order valence-electron chi connectivity index (χ3n) is 5.43. The van der Waals surface area contributed by atoms with Crippen molar-refractivity contribution in [1.29, 1.82) is 0 Å². The molecule has 1 unspecified atom stereocenters. The molecule has 1 aliphatic rings. The van der Waals surface area contributed by atoms with E-state index in [1.54, 1.807) is 6.07 Å². The van der Waals surface area contributed by atoms with Crippen LogP contribution in [0.25, 0.3) is 0 Å². The molecule has 0 amide bonds. The van der Waals surface area contributed by atoms with E-state index in [4.69, 9.17) is 27.9 Å². The average molecular weight is 496 g/mol. The fourth-order valence-corrected chi connectivity index (χ4v) is 3.99. The van der Waals surface area contributed by atoms with E-state index in [9.17, 15) is 5.11 Å². The molecule has 0 spiro atoms. The number of rotatable bonds is 8. The Morgan fingerprint density at radius 1 is 1.07 bits per heavy atom. The fraction of sp³-hybridized carbons (Fsp3) is 0.455. The molecular formula is C22H30Cl4N2O2. The fourth-order valence-electron chi connectivity index (χ4n) is 3.68. The highest BCUT2D eigenvalue weighted by Crippen LogP contribution is 2.32. The lowest BCUT2D eigenvalue weighted by Gasteiger charge is -2.38. The van der Waals surface area contributed by atoms with Crippen molar-refractivity contribution in [1.82, 2.24) is 10.2 Å². The van der Waals surface area contributed by atoms with Crippen molar-refractivity contribution in [3.8, 4) is 0 Å². The number of hydrogen-bond donors (Lipinski definition) is 2. The number of benzene rings is 2. The molecule has 168 valence electrons. The van der Waals surface area contributed by atoms with Crippen molar-refractivity contribution in [2.75, 3.05) is 39.8 Å². The van der Waals surface area contributed by atoms with E-state index in [2.05, 4.69) is 10.2 Å². The lowest BCUT2D eigenvalue weighted by Crippen LogP contribution is -2.43. The van der Waals surface area contributed by atoms with Gasteiger partial charge in [0.1, 0.15) is 0 Å². The van der Waals surface area contributed by atoms with Crippen LogP contribution in [-0.2, 0) is 10.3 Å². The Morgan fingerprint density at radius 2 is 1.73 bits per heavy atom. The second kappa shape index (κ2) is 13.1. The minimum absolute atomic E-state index is 0. The van der Waals surface area contributed by atoms with E-state index in [0.29, 0.717) is 23.2 Å². The quantitative estimate of drug-likeness (QED) is 0.534. The number of nitrogens with zero attached hydrogens (tertiary/aromatic N) is 1. The van der Waals surface area contributed by atoms with Crippen LogP contribution in [0.4, 0.5) is 0 Å². The first-order chi connectivity index (χ1) is 13.5. The summed E-state index contributed by atoms with van der Waals surface area (Å²) < 4.78 is 6.13. The summed E-state index contributed by atoms with van der Waals surface area (Å²) >= 11 is 12.2. The van der Waals surface area contributed by atoms with Crippen molar-refractivity contribution in [2.45, 2.75) is 24.5 Å². The Hall–Kier alpha value is -0.560. The molecular weight excluding hydrogens is 466 g/mol. The molecule has 1 heterocycles. The normalized spacial score (nSPS) is 16.9. The van der Waals surface area contributed by atoms with E-state index in [1.165, 1.54) is 0 Å². The molecule has 4 nitrogen and oxygen atoms in total. The van der Waals surface area contributed by atoms with E-state index in [1.807, 2.05) is 49.5 Å². The van der Waals surface area contributed by atoms with Gasteiger partial charge in [0, 0.05) is 26.2 Å². The van der Waals surface area contributed by atoms with E-state index >= 15 is 0 Å². The minimum Gasteiger partial charge on any atom is -0.385 e. The molecule has 0 bridgehead atoms. The molecule has 2 N–H and O–H groups in total. The van der Waals surface area contributed by atoms with Crippen LogP contribution in [0.2, 0.25) is 10.0 Å². The highest BCUT2D eigenvalue weighted by Gasteiger charge is 2.33. The van der Waals surface area contributed by atoms with Gasteiger partial charge in [0.2, 0.25) is 0 Å². The van der Waals surface area contributed by atoms with Crippen molar-refractivity contribution >= 4 is 48.0 Å². The van der Waals surface area contributed by atoms with Crippen molar-refractivity contribution in [3.05, 3.63) is 69.7 Å². The molecule has 30 heavy (non-hydrogen) atoms. The van der Waals surface area contributed by atoms with Crippen LogP contribution in [0, 0.1) is 0 Å². The summed E-state index contributed by atoms with van der Waals surface area (Å²) in [6.07, 6.45) is 1.40. The van der Waals surface area contributed by atoms with Gasteiger partial charge in [-0.1, -0.05) is 59.6 Å². The Kier molecular flexibility index (Phi) is 12.0. The largest absolute Gasteiger partial charge is 0.385 e. The van der Waals surface area contributed by atoms with Crippen LogP contribution in [0.1, 0.15) is 30.1 Å². The van der Waals surface area contributed by atoms with Crippen LogP contribution in [-0.4, -0.2) is 49.8 Å². The zero-order chi connectivity index (χ0) is 20.0. The van der Waals surface area contributed by atoms with Crippen LogP contribution >= 0.6 is 48.0 Å². The van der Waals surface area contributed by atoms with Gasteiger partial charge in [-0.15, -0.1) is 24.8 Å². The van der Waals surface area contributed by atoms with Gasteiger partial charge in [-0.25, -0.2) is 0 Å². The zero-order valence-corrected chi connectivity index (χ0v) is 20.2. The van der Waals surface area contributed by atoms with Gasteiger partial charge in [-0.2, -0.15) is 0 Å². The Balaban J connectivity index is 0.00000225. The van der Waals surface area contributed by atoms with Gasteiger partial charge in [-0.3, -0.25) is 0 Å². The lowest BCUT2D eigenvalue weighted by molar-refractivity contribution is -0.0359. The monoisotopic (exact) mass is 494 g/mol. The van der Waals surface area contributed by atoms with Gasteiger partial charge in [0.15, 0.2) is 0 Å². The van der Waals surface area contributed by atoms with E-state index in [-0.39, 0.29) is 30.9 Å². The maximum atomic E-state index is 11.0. The maximum Gasteiger partial charge on any atom is 0.0950 e. The van der Waals surface area contributed by atoms with Crippen LogP contribution in [0.5, 0.6) is 0 Å². The summed E-state index contributed by atoms with van der Waals surface area (Å²) in [6, 6.07) is 15.6. The number of likely N-dealkylation sites (N-methyl/N-ethyl adjacent to an activating group) is 1. The molecule has 2 aromatic carbocycles. The Morgan fingerprint density at radius 3 is 2.33 bits per heavy atom. The van der Waals surface area contributed by atoms with Gasteiger partial charge in [0.25, 0.3) is 0 Å². The summed E-state index contributed by atoms with van der Waals surface area (Å²) in [7, 11) is 1.91. The van der Waals surface area contributed by atoms with Crippen molar-refractivity contribution in [3.63, 3.8) is 0 Å². The molecule has 0 radical (unpaired) electrons. The molecule has 0 aliphatic carbocycles. The van der Waals surface area contributed by atoms with Crippen molar-refractivity contribution in [2.24, 2.45) is 0 Å². The summed E-state index contributed by atoms with van der Waals surface area (Å²) in [5.74, 6) is 0. The smallest absolute Gasteiger partial charge is 0.0950 e. The predicted molar refractivity (Wildman–Crippen MR) is 130 cm³/mol. The maximum absolute atomic E-state index is 11.0. The standard InChI is InChI=1S/C22H28Cl2N2O2.2ClH/c1-25-16-21(17-7-8-19(23)20(24)15-17)28-14-13-26-11-9-22(27,10-12-26)18-5-3-2-4-6-18;;/h2-8,15,21,25,27H,9-14,16H2,1H3;2*1H. The second-order valence-corrected chi connectivity index (χ2v) is 8.14. The first kappa shape index (κ1) is 27.5. The van der Waals surface area contributed by atoms with Crippen LogP contribution < -0.4 is 5.32 Å². The molecule has 0 aromatic heterocycles. The number of aliphatic hydroxyl groups is 1. The number of piperidine rings is 1. The molecule has 3 rings (SSSR count). The molecule has 0 saturated carbocycles. The van der Waals surface area contributed by atoms with Gasteiger partial charge >= 0.3 is 0 Å². The van der Waals surface area contributed by atoms with Gasteiger partial charge < -0.3 is 20.1 Å². The topological polar surface area (TPSA) is 44.7 Å². The minimum atomic E-state index is -0.715. The van der Waals surface area contributed by atoms with Crippen LogP contribution in [0.15, 0.2) is 48.5 Å². The Bertz CT molecular complexity index is 756. The lowest BCUT2D eigenvalue weighted by atomic mass is 9.84. The average Bonchev–Trinajstić information content (AvgIpc) is 2.72. The first-order valence-electron chi connectivity index (χ1n) is 9.73.